The summed E-state index contributed by atoms with van der Waals surface area (Å²) in [4.78, 5) is 25.6. The van der Waals surface area contributed by atoms with Crippen LogP contribution in [0, 0.1) is 18.3 Å². The van der Waals surface area contributed by atoms with Gasteiger partial charge in [0.2, 0.25) is 5.88 Å². The molecular weight excluding hydrogens is 384 g/mol. The summed E-state index contributed by atoms with van der Waals surface area (Å²) in [5.74, 6) is -0.730. The normalized spacial score (nSPS) is 14.4. The van der Waals surface area contributed by atoms with Gasteiger partial charge in [-0.05, 0) is 49.6 Å². The largest absolute Gasteiger partial charge is 0.494 e. The first-order chi connectivity index (χ1) is 12.0. The van der Waals surface area contributed by atoms with Crippen LogP contribution in [0.25, 0.3) is 0 Å². The van der Waals surface area contributed by atoms with Crippen molar-refractivity contribution >= 4 is 21.7 Å². The number of benzene rings is 1. The summed E-state index contributed by atoms with van der Waals surface area (Å²) in [7, 11) is 0. The molecule has 128 valence electrons. The summed E-state index contributed by atoms with van der Waals surface area (Å²) >= 11 is 3.32. The Morgan fingerprint density at radius 3 is 2.44 bits per heavy atom. The quantitative estimate of drug-likeness (QED) is 0.793. The fraction of sp³-hybridized carbons (Fsp3) is 0.316. The minimum absolute atomic E-state index is 0.0328. The molecule has 0 spiro atoms. The van der Waals surface area contributed by atoms with Crippen LogP contribution in [0.2, 0.25) is 0 Å². The first-order valence-electron chi connectivity index (χ1n) is 8.14. The van der Waals surface area contributed by atoms with Crippen LogP contribution in [0.3, 0.4) is 0 Å². The number of carbonyl (C=O) groups is 1. The Balaban J connectivity index is 2.24. The van der Waals surface area contributed by atoms with Crippen LogP contribution in [0.15, 0.2) is 33.5 Å². The van der Waals surface area contributed by atoms with Crippen molar-refractivity contribution in [2.75, 3.05) is 0 Å². The van der Waals surface area contributed by atoms with Gasteiger partial charge >= 0.3 is 0 Å². The van der Waals surface area contributed by atoms with Crippen LogP contribution in [0.1, 0.15) is 58.8 Å². The van der Waals surface area contributed by atoms with E-state index in [-0.39, 0.29) is 28.6 Å². The third-order valence-electron chi connectivity index (χ3n) is 4.77. The van der Waals surface area contributed by atoms with Crippen LogP contribution in [-0.2, 0) is 0 Å². The molecule has 1 N–H and O–H groups in total. The van der Waals surface area contributed by atoms with Gasteiger partial charge in [-0.15, -0.1) is 0 Å². The second kappa shape index (κ2) is 6.85. The Bertz CT molecular complexity index is 933. The first kappa shape index (κ1) is 17.4. The number of halogens is 1. The molecule has 1 fully saturated rings. The summed E-state index contributed by atoms with van der Waals surface area (Å²) < 4.78 is 2.07. The zero-order valence-electron chi connectivity index (χ0n) is 13.8. The maximum atomic E-state index is 12.9. The van der Waals surface area contributed by atoms with E-state index in [9.17, 15) is 20.0 Å². The molecule has 1 saturated carbocycles. The van der Waals surface area contributed by atoms with E-state index in [2.05, 4.69) is 15.9 Å². The van der Waals surface area contributed by atoms with Gasteiger partial charge in [0.05, 0.1) is 5.56 Å². The minimum atomic E-state index is -0.517. The molecule has 0 aliphatic heterocycles. The van der Waals surface area contributed by atoms with Crippen molar-refractivity contribution in [3.05, 3.63) is 61.3 Å². The van der Waals surface area contributed by atoms with Crippen molar-refractivity contribution in [3.63, 3.8) is 0 Å². The lowest BCUT2D eigenvalue weighted by Crippen LogP contribution is -2.29. The Morgan fingerprint density at radius 2 is 1.88 bits per heavy atom. The fourth-order valence-corrected chi connectivity index (χ4v) is 3.70. The third-order valence-corrected chi connectivity index (χ3v) is 5.30. The van der Waals surface area contributed by atoms with Gasteiger partial charge in [-0.1, -0.05) is 28.8 Å². The van der Waals surface area contributed by atoms with Gasteiger partial charge in [0.25, 0.3) is 5.56 Å². The number of aromatic hydroxyl groups is 1. The van der Waals surface area contributed by atoms with Crippen LogP contribution >= 0.6 is 15.9 Å². The number of nitrogens with zero attached hydrogens (tertiary/aromatic N) is 2. The Kier molecular flexibility index (Phi) is 4.78. The van der Waals surface area contributed by atoms with E-state index in [0.717, 1.165) is 30.2 Å². The standard InChI is InChI=1S/C19H17BrN2O3/c1-11-15(10-21)18(24)22(14-4-2-3-5-14)19(25)16(11)17(23)12-6-8-13(20)9-7-12/h6-9,14,25H,2-5H2,1H3. The molecule has 1 heterocycles. The highest BCUT2D eigenvalue weighted by molar-refractivity contribution is 9.10. The van der Waals surface area contributed by atoms with Gasteiger partial charge < -0.3 is 5.11 Å². The molecule has 1 aromatic heterocycles. The molecule has 5 nitrogen and oxygen atoms in total. The highest BCUT2D eigenvalue weighted by atomic mass is 79.9. The average Bonchev–Trinajstić information content (AvgIpc) is 3.10. The lowest BCUT2D eigenvalue weighted by molar-refractivity contribution is 0.103. The molecule has 0 saturated heterocycles. The fourth-order valence-electron chi connectivity index (χ4n) is 3.44. The minimum Gasteiger partial charge on any atom is -0.494 e. The summed E-state index contributed by atoms with van der Waals surface area (Å²) in [6.07, 6.45) is 3.44. The molecule has 6 heteroatoms. The Morgan fingerprint density at radius 1 is 1.28 bits per heavy atom. The predicted octanol–water partition coefficient (Wildman–Crippen LogP) is 3.84. The van der Waals surface area contributed by atoms with Gasteiger partial charge in [-0.25, -0.2) is 0 Å². The highest BCUT2D eigenvalue weighted by Gasteiger charge is 2.29. The van der Waals surface area contributed by atoms with E-state index in [4.69, 9.17) is 0 Å². The number of nitriles is 1. The van der Waals surface area contributed by atoms with Crippen molar-refractivity contribution in [1.82, 2.24) is 4.57 Å². The second-order valence-corrected chi connectivity index (χ2v) is 7.18. The Hall–Kier alpha value is -2.39. The molecule has 0 bridgehead atoms. The topological polar surface area (TPSA) is 83.1 Å². The predicted molar refractivity (Wildman–Crippen MR) is 96.9 cm³/mol. The molecule has 0 amide bonds. The number of pyridine rings is 1. The maximum Gasteiger partial charge on any atom is 0.271 e. The third kappa shape index (κ3) is 3.00. The summed E-state index contributed by atoms with van der Waals surface area (Å²) in [5, 5.41) is 20.1. The van der Waals surface area contributed by atoms with Crippen LogP contribution in [-0.4, -0.2) is 15.5 Å². The van der Waals surface area contributed by atoms with Crippen LogP contribution in [0.5, 0.6) is 5.88 Å². The number of hydrogen-bond donors (Lipinski definition) is 1. The molecule has 3 rings (SSSR count). The number of ketones is 1. The number of carbonyl (C=O) groups excluding carboxylic acids is 1. The van der Waals surface area contributed by atoms with Crippen molar-refractivity contribution in [2.45, 2.75) is 38.6 Å². The van der Waals surface area contributed by atoms with E-state index in [1.54, 1.807) is 24.3 Å². The van der Waals surface area contributed by atoms with E-state index in [0.29, 0.717) is 5.56 Å². The molecule has 1 aromatic carbocycles. The molecule has 1 aliphatic rings. The molecule has 1 aliphatic carbocycles. The van der Waals surface area contributed by atoms with Crippen LogP contribution in [0.4, 0.5) is 0 Å². The number of aromatic nitrogens is 1. The van der Waals surface area contributed by atoms with Gasteiger partial charge in [0, 0.05) is 16.1 Å². The molecule has 0 atom stereocenters. The first-order valence-corrected chi connectivity index (χ1v) is 8.93. The average molecular weight is 401 g/mol. The SMILES string of the molecule is Cc1c(C(=O)c2ccc(Br)cc2)c(O)n(C2CCCC2)c(=O)c1C#N. The molecule has 0 unspecified atom stereocenters. The van der Waals surface area contributed by atoms with E-state index in [1.807, 2.05) is 6.07 Å². The Labute approximate surface area is 153 Å². The van der Waals surface area contributed by atoms with Crippen molar-refractivity contribution in [1.29, 1.82) is 5.26 Å². The van der Waals surface area contributed by atoms with Crippen LogP contribution < -0.4 is 5.56 Å². The van der Waals surface area contributed by atoms with Gasteiger partial charge in [0.15, 0.2) is 5.78 Å². The molecule has 2 aromatic rings. The van der Waals surface area contributed by atoms with Crippen molar-refractivity contribution in [2.24, 2.45) is 0 Å². The summed E-state index contributed by atoms with van der Waals surface area (Å²) in [6.45, 7) is 1.53. The maximum absolute atomic E-state index is 12.9. The zero-order chi connectivity index (χ0) is 18.1. The smallest absolute Gasteiger partial charge is 0.271 e. The zero-order valence-corrected chi connectivity index (χ0v) is 15.3. The van der Waals surface area contributed by atoms with E-state index >= 15 is 0 Å². The number of rotatable bonds is 3. The van der Waals surface area contributed by atoms with Gasteiger partial charge in [-0.2, -0.15) is 5.26 Å². The van der Waals surface area contributed by atoms with E-state index in [1.165, 1.54) is 11.5 Å². The number of hydrogen-bond acceptors (Lipinski definition) is 4. The lowest BCUT2D eigenvalue weighted by Gasteiger charge is -2.20. The lowest BCUT2D eigenvalue weighted by atomic mass is 9.97. The molecular formula is C19H17BrN2O3. The second-order valence-electron chi connectivity index (χ2n) is 6.26. The van der Waals surface area contributed by atoms with E-state index < -0.39 is 11.3 Å². The van der Waals surface area contributed by atoms with Gasteiger partial charge in [-0.3, -0.25) is 14.2 Å². The monoisotopic (exact) mass is 400 g/mol. The summed E-state index contributed by atoms with van der Waals surface area (Å²) in [5.41, 5.74) is 0.0570. The molecule has 25 heavy (non-hydrogen) atoms. The molecule has 0 radical (unpaired) electrons. The van der Waals surface area contributed by atoms with Crippen molar-refractivity contribution < 1.29 is 9.90 Å². The van der Waals surface area contributed by atoms with Gasteiger partial charge in [0.1, 0.15) is 11.6 Å². The highest BCUT2D eigenvalue weighted by Crippen LogP contribution is 2.34. The summed E-state index contributed by atoms with van der Waals surface area (Å²) in [6, 6.07) is 8.49. The van der Waals surface area contributed by atoms with Crippen molar-refractivity contribution in [3.8, 4) is 11.9 Å².